The van der Waals surface area contributed by atoms with Gasteiger partial charge in [0, 0.05) is 5.57 Å². The van der Waals surface area contributed by atoms with Crippen LogP contribution in [0, 0.1) is 0 Å². The van der Waals surface area contributed by atoms with Gasteiger partial charge in [-0.2, -0.15) is 0 Å². The van der Waals surface area contributed by atoms with E-state index in [4.69, 9.17) is 16.3 Å². The van der Waals surface area contributed by atoms with Gasteiger partial charge < -0.3 is 9.47 Å². The van der Waals surface area contributed by atoms with Crippen molar-refractivity contribution < 1.29 is 19.1 Å². The fraction of sp³-hybridized carbons (Fsp3) is 0.333. The van der Waals surface area contributed by atoms with Gasteiger partial charge in [-0.1, -0.05) is 11.6 Å². The Bertz CT molecular complexity index is 513. The van der Waals surface area contributed by atoms with Gasteiger partial charge in [-0.25, -0.2) is 14.7 Å². The van der Waals surface area contributed by atoms with Crippen LogP contribution in [0.5, 0.6) is 0 Å². The van der Waals surface area contributed by atoms with Gasteiger partial charge in [0.1, 0.15) is 6.33 Å². The van der Waals surface area contributed by atoms with Crippen LogP contribution in [0.4, 0.5) is 10.7 Å². The van der Waals surface area contributed by atoms with Crippen LogP contribution in [0.1, 0.15) is 6.92 Å². The number of rotatable bonds is 2. The lowest BCUT2D eigenvalue weighted by Crippen LogP contribution is -2.39. The molecule has 1 atom stereocenters. The molecule has 1 N–H and O–H groups in total. The number of aromatic amines is 1. The van der Waals surface area contributed by atoms with Crippen LogP contribution in [-0.4, -0.2) is 40.6 Å². The average Bonchev–Trinajstić information content (AvgIpc) is 2.94. The largest absolute Gasteiger partial charge is 0.510 e. The third kappa shape index (κ3) is 1.90. The van der Waals surface area contributed by atoms with Crippen molar-refractivity contribution in [3.05, 3.63) is 16.9 Å². The number of nitrogens with zero attached hydrogens (tertiary/aromatic N) is 3. The highest BCUT2D eigenvalue weighted by Crippen LogP contribution is 2.32. The van der Waals surface area contributed by atoms with Crippen molar-refractivity contribution in [1.82, 2.24) is 15.2 Å². The molecule has 1 unspecified atom stereocenters. The van der Waals surface area contributed by atoms with Crippen LogP contribution in [-0.2, 0) is 14.3 Å². The third-order valence-electron chi connectivity index (χ3n) is 2.34. The zero-order valence-electron chi connectivity index (χ0n) is 9.51. The number of H-pyrrole nitrogens is 1. The average molecular weight is 273 g/mol. The van der Waals surface area contributed by atoms with Crippen LogP contribution in [0.3, 0.4) is 0 Å². The topological polar surface area (TPSA) is 97.4 Å². The number of carbonyl (C=O) groups excluding carboxylic acids is 2. The number of ether oxygens (including phenoxy) is 2. The highest BCUT2D eigenvalue weighted by molar-refractivity contribution is 6.35. The van der Waals surface area contributed by atoms with E-state index in [1.807, 2.05) is 0 Å². The van der Waals surface area contributed by atoms with Gasteiger partial charge in [0.25, 0.3) is 11.9 Å². The second-order valence-corrected chi connectivity index (χ2v) is 3.78. The lowest BCUT2D eigenvalue weighted by atomic mass is 10.3. The Kier molecular flexibility index (Phi) is 3.19. The van der Waals surface area contributed by atoms with Crippen LogP contribution >= 0.6 is 11.6 Å². The van der Waals surface area contributed by atoms with Gasteiger partial charge in [0.15, 0.2) is 0 Å². The zero-order valence-corrected chi connectivity index (χ0v) is 10.3. The van der Waals surface area contributed by atoms with Crippen molar-refractivity contribution in [3.8, 4) is 0 Å². The maximum Gasteiger partial charge on any atom is 0.510 e. The summed E-state index contributed by atoms with van der Waals surface area (Å²) in [5.41, 5.74) is 0.260. The van der Waals surface area contributed by atoms with E-state index >= 15 is 0 Å². The van der Waals surface area contributed by atoms with E-state index in [1.165, 1.54) is 13.3 Å². The lowest BCUT2D eigenvalue weighted by molar-refractivity contribution is -0.115. The minimum Gasteiger partial charge on any atom is -0.438 e. The summed E-state index contributed by atoms with van der Waals surface area (Å²) in [5, 5.41) is 6.30. The molecule has 1 aliphatic heterocycles. The Labute approximate surface area is 107 Å². The SMILES string of the molecule is COC(=O)OC1C(Cl)=C(C)C(=O)N1c1nc[nH]n1. The Morgan fingerprint density at radius 1 is 1.61 bits per heavy atom. The van der Waals surface area contributed by atoms with Gasteiger partial charge >= 0.3 is 6.16 Å². The van der Waals surface area contributed by atoms with E-state index < -0.39 is 18.3 Å². The molecule has 0 saturated heterocycles. The number of methoxy groups -OCH3 is 1. The first-order chi connectivity index (χ1) is 8.56. The zero-order chi connectivity index (χ0) is 13.3. The quantitative estimate of drug-likeness (QED) is 0.799. The predicted octanol–water partition coefficient (Wildman–Crippen LogP) is 0.773. The van der Waals surface area contributed by atoms with Crippen molar-refractivity contribution in [2.45, 2.75) is 13.2 Å². The Balaban J connectivity index is 2.33. The maximum atomic E-state index is 12.0. The summed E-state index contributed by atoms with van der Waals surface area (Å²) in [6, 6.07) is 0. The monoisotopic (exact) mass is 272 g/mol. The molecule has 2 heterocycles. The van der Waals surface area contributed by atoms with E-state index in [1.54, 1.807) is 0 Å². The molecule has 0 fully saturated rings. The molecule has 0 aromatic carbocycles. The highest BCUT2D eigenvalue weighted by atomic mass is 35.5. The molecule has 9 heteroatoms. The molecule has 96 valence electrons. The number of anilines is 1. The van der Waals surface area contributed by atoms with E-state index in [9.17, 15) is 9.59 Å². The summed E-state index contributed by atoms with van der Waals surface area (Å²) in [7, 11) is 1.15. The van der Waals surface area contributed by atoms with Crippen LogP contribution < -0.4 is 4.90 Å². The Morgan fingerprint density at radius 2 is 2.33 bits per heavy atom. The molecule has 18 heavy (non-hydrogen) atoms. The summed E-state index contributed by atoms with van der Waals surface area (Å²) in [4.78, 5) is 28.0. The molecule has 0 radical (unpaired) electrons. The number of nitrogens with one attached hydrogen (secondary N) is 1. The van der Waals surface area contributed by atoms with Gasteiger partial charge in [-0.05, 0) is 6.92 Å². The molecule has 0 bridgehead atoms. The summed E-state index contributed by atoms with van der Waals surface area (Å²) >= 11 is 5.95. The van der Waals surface area contributed by atoms with Gasteiger partial charge in [0.05, 0.1) is 12.1 Å². The Hall–Kier alpha value is -2.09. The van der Waals surface area contributed by atoms with E-state index in [2.05, 4.69) is 19.9 Å². The van der Waals surface area contributed by atoms with Gasteiger partial charge in [-0.15, -0.1) is 5.10 Å². The molecular formula is C9H9ClN4O4. The number of amides is 1. The fourth-order valence-electron chi connectivity index (χ4n) is 1.45. The molecule has 0 aliphatic carbocycles. The number of carbonyl (C=O) groups is 2. The minimum atomic E-state index is -1.11. The second-order valence-electron chi connectivity index (χ2n) is 3.37. The number of halogens is 1. The molecule has 1 aromatic heterocycles. The highest BCUT2D eigenvalue weighted by Gasteiger charge is 2.42. The van der Waals surface area contributed by atoms with E-state index in [0.29, 0.717) is 0 Å². The standard InChI is InChI=1S/C9H9ClN4O4/c1-4-5(10)7(18-9(16)17-2)14(6(4)15)8-11-3-12-13-8/h3,7H,1-2H3,(H,11,12,13). The normalized spacial score (nSPS) is 19.4. The van der Waals surface area contributed by atoms with Crippen molar-refractivity contribution in [2.24, 2.45) is 0 Å². The van der Waals surface area contributed by atoms with Crippen LogP contribution in [0.25, 0.3) is 0 Å². The Morgan fingerprint density at radius 3 is 2.89 bits per heavy atom. The molecular weight excluding hydrogens is 264 g/mol. The maximum absolute atomic E-state index is 12.0. The smallest absolute Gasteiger partial charge is 0.438 e. The first kappa shape index (κ1) is 12.4. The molecule has 1 aliphatic rings. The minimum absolute atomic E-state index is 0.0592. The summed E-state index contributed by atoms with van der Waals surface area (Å²) < 4.78 is 9.28. The first-order valence-corrected chi connectivity index (χ1v) is 5.24. The molecule has 1 aromatic rings. The van der Waals surface area contributed by atoms with Gasteiger partial charge in [-0.3, -0.25) is 9.89 Å². The lowest BCUT2D eigenvalue weighted by Gasteiger charge is -2.21. The van der Waals surface area contributed by atoms with Crippen molar-refractivity contribution >= 4 is 29.6 Å². The van der Waals surface area contributed by atoms with Crippen molar-refractivity contribution in [2.75, 3.05) is 12.0 Å². The molecule has 0 spiro atoms. The van der Waals surface area contributed by atoms with Crippen LogP contribution in [0.2, 0.25) is 0 Å². The number of hydrogen-bond donors (Lipinski definition) is 1. The van der Waals surface area contributed by atoms with E-state index in [0.717, 1.165) is 12.0 Å². The summed E-state index contributed by atoms with van der Waals surface area (Å²) in [6.07, 6.45) is -0.775. The molecule has 2 rings (SSSR count). The number of hydrogen-bond acceptors (Lipinski definition) is 6. The number of aromatic nitrogens is 3. The third-order valence-corrected chi connectivity index (χ3v) is 2.81. The summed E-state index contributed by atoms with van der Waals surface area (Å²) in [6.45, 7) is 1.52. The van der Waals surface area contributed by atoms with E-state index in [-0.39, 0.29) is 16.6 Å². The fourth-order valence-corrected chi connectivity index (χ4v) is 1.67. The van der Waals surface area contributed by atoms with Crippen molar-refractivity contribution in [3.63, 3.8) is 0 Å². The first-order valence-electron chi connectivity index (χ1n) is 4.86. The van der Waals surface area contributed by atoms with Gasteiger partial charge in [0.2, 0.25) is 6.23 Å². The summed E-state index contributed by atoms with van der Waals surface area (Å²) in [5.74, 6) is -0.377. The van der Waals surface area contributed by atoms with Crippen LogP contribution in [0.15, 0.2) is 16.9 Å². The predicted molar refractivity (Wildman–Crippen MR) is 59.7 cm³/mol. The molecule has 1 amide bonds. The second kappa shape index (κ2) is 4.65. The van der Waals surface area contributed by atoms with Crippen molar-refractivity contribution in [1.29, 1.82) is 0 Å². The molecule has 0 saturated carbocycles. The molecule has 8 nitrogen and oxygen atoms in total.